The smallest absolute Gasteiger partial charge is 0.311 e. The first-order valence-corrected chi connectivity index (χ1v) is 15.6. The lowest BCUT2D eigenvalue weighted by molar-refractivity contribution is -0.697. The number of hydrogen-bond donors (Lipinski definition) is 0. The highest BCUT2D eigenvalue weighted by Crippen LogP contribution is 2.45. The quantitative estimate of drug-likeness (QED) is 0.0502. The highest BCUT2D eigenvalue weighted by atomic mass is 16.5. The number of carbonyl (C=O) groups excluding carboxylic acids is 1. The molecule has 0 N–H and O–H groups in total. The maximum Gasteiger partial charge on any atom is 0.311 e. The fourth-order valence-electron chi connectivity index (χ4n) is 4.31. The van der Waals surface area contributed by atoms with Crippen LogP contribution in [0.4, 0.5) is 11.4 Å². The number of esters is 1. The minimum absolute atomic E-state index is 0.0744. The summed E-state index contributed by atoms with van der Waals surface area (Å²) in [6.45, 7) is 16.4. The summed E-state index contributed by atoms with van der Waals surface area (Å²) in [4.78, 5) is 12.8. The second kappa shape index (κ2) is 17.2. The normalized spacial score (nSPS) is 11.5. The van der Waals surface area contributed by atoms with Crippen LogP contribution in [0.1, 0.15) is 81.1 Å². The monoisotopic (exact) mass is 606 g/mol. The molecule has 9 heteroatoms. The lowest BCUT2D eigenvalue weighted by Crippen LogP contribution is -2.32. The number of aryl methyl sites for hydroxylation is 1. The van der Waals surface area contributed by atoms with E-state index in [0.29, 0.717) is 46.5 Å². The van der Waals surface area contributed by atoms with Gasteiger partial charge >= 0.3 is 5.97 Å². The van der Waals surface area contributed by atoms with Gasteiger partial charge < -0.3 is 23.7 Å². The van der Waals surface area contributed by atoms with Crippen LogP contribution >= 0.6 is 0 Å². The molecule has 0 aliphatic heterocycles. The van der Waals surface area contributed by atoms with Crippen molar-refractivity contribution in [1.29, 1.82) is 0 Å². The first-order valence-electron chi connectivity index (χ1n) is 15.6. The van der Waals surface area contributed by atoms with Gasteiger partial charge in [0.15, 0.2) is 46.8 Å². The van der Waals surface area contributed by atoms with E-state index in [9.17, 15) is 4.79 Å². The summed E-state index contributed by atoms with van der Waals surface area (Å²) < 4.78 is 32.2. The van der Waals surface area contributed by atoms with Crippen molar-refractivity contribution in [2.24, 2.45) is 10.2 Å². The first kappa shape index (κ1) is 34.4. The van der Waals surface area contributed by atoms with Crippen molar-refractivity contribution in [3.8, 4) is 28.7 Å². The van der Waals surface area contributed by atoms with E-state index >= 15 is 0 Å². The second-order valence-electron chi connectivity index (χ2n) is 11.6. The van der Waals surface area contributed by atoms with Gasteiger partial charge in [0, 0.05) is 37.1 Å². The average molecular weight is 607 g/mol. The molecule has 3 rings (SSSR count). The van der Waals surface area contributed by atoms with E-state index in [0.717, 1.165) is 25.8 Å². The summed E-state index contributed by atoms with van der Waals surface area (Å²) in [6.07, 6.45) is 6.53. The Morgan fingerprint density at radius 2 is 1.11 bits per heavy atom. The molecule has 2 aromatic carbocycles. The van der Waals surface area contributed by atoms with Gasteiger partial charge in [0.05, 0.1) is 24.4 Å². The van der Waals surface area contributed by atoms with E-state index in [2.05, 4.69) is 14.8 Å². The number of carbonyl (C=O) groups is 1. The standard InChI is InChI=1S/C35H48N3O6/c1-24(2)40-29-16-15-17-30(41-25(3)4)34(29)36-37-35-31(42-26(5)6)22-28(23-32(35)43-27(7)8)44-33(39)18-11-9-12-19-38-20-13-10-14-21-38/h10,13-17,20-27H,9,11-12,18-19H2,1-8H3/q+1. The maximum atomic E-state index is 12.8. The Morgan fingerprint density at radius 3 is 1.61 bits per heavy atom. The van der Waals surface area contributed by atoms with E-state index in [4.69, 9.17) is 23.7 Å². The van der Waals surface area contributed by atoms with Crippen molar-refractivity contribution in [1.82, 2.24) is 0 Å². The van der Waals surface area contributed by atoms with Gasteiger partial charge in [-0.1, -0.05) is 12.1 Å². The summed E-state index contributed by atoms with van der Waals surface area (Å²) in [7, 11) is 0. The van der Waals surface area contributed by atoms with Crippen LogP contribution in [0.25, 0.3) is 0 Å². The Balaban J connectivity index is 1.86. The number of ether oxygens (including phenoxy) is 5. The molecule has 0 radical (unpaired) electrons. The van der Waals surface area contributed by atoms with Crippen LogP contribution in [0.5, 0.6) is 28.7 Å². The van der Waals surface area contributed by atoms with Crippen LogP contribution in [0.2, 0.25) is 0 Å². The maximum absolute atomic E-state index is 12.8. The van der Waals surface area contributed by atoms with Gasteiger partial charge in [-0.25, -0.2) is 4.57 Å². The molecular formula is C35H48N3O6+. The van der Waals surface area contributed by atoms with Gasteiger partial charge in [0.25, 0.3) is 0 Å². The van der Waals surface area contributed by atoms with Crippen LogP contribution in [-0.2, 0) is 11.3 Å². The van der Waals surface area contributed by atoms with Gasteiger partial charge in [0.1, 0.15) is 12.3 Å². The van der Waals surface area contributed by atoms with Crippen molar-refractivity contribution < 1.29 is 33.0 Å². The van der Waals surface area contributed by atoms with Crippen LogP contribution in [0.3, 0.4) is 0 Å². The number of azo groups is 1. The zero-order valence-corrected chi connectivity index (χ0v) is 27.4. The van der Waals surface area contributed by atoms with Gasteiger partial charge in [-0.05, 0) is 80.4 Å². The molecule has 0 fully saturated rings. The summed E-state index contributed by atoms with van der Waals surface area (Å²) in [5.41, 5.74) is 0.836. The van der Waals surface area contributed by atoms with Crippen LogP contribution in [-0.4, -0.2) is 30.4 Å². The molecule has 238 valence electrons. The van der Waals surface area contributed by atoms with Crippen molar-refractivity contribution in [2.75, 3.05) is 0 Å². The molecular weight excluding hydrogens is 558 g/mol. The Kier molecular flexibility index (Phi) is 13.5. The van der Waals surface area contributed by atoms with E-state index in [1.807, 2.05) is 104 Å². The molecule has 0 saturated heterocycles. The van der Waals surface area contributed by atoms with Crippen molar-refractivity contribution in [3.05, 3.63) is 60.9 Å². The van der Waals surface area contributed by atoms with Gasteiger partial charge in [-0.15, -0.1) is 10.2 Å². The topological polar surface area (TPSA) is 91.8 Å². The molecule has 9 nitrogen and oxygen atoms in total. The minimum Gasteiger partial charge on any atom is -0.489 e. The van der Waals surface area contributed by atoms with E-state index < -0.39 is 0 Å². The summed E-state index contributed by atoms with van der Waals surface area (Å²) in [6, 6.07) is 14.9. The third kappa shape index (κ3) is 11.5. The molecule has 0 spiro atoms. The fourth-order valence-corrected chi connectivity index (χ4v) is 4.31. The molecule has 1 aromatic heterocycles. The Bertz CT molecular complexity index is 1300. The molecule has 0 bridgehead atoms. The fraction of sp³-hybridized carbons (Fsp3) is 0.486. The molecule has 0 amide bonds. The summed E-state index contributed by atoms with van der Waals surface area (Å²) >= 11 is 0. The predicted octanol–water partition coefficient (Wildman–Crippen LogP) is 8.70. The van der Waals surface area contributed by atoms with Crippen molar-refractivity contribution in [3.63, 3.8) is 0 Å². The Morgan fingerprint density at radius 1 is 0.636 bits per heavy atom. The summed E-state index contributed by atoms with van der Waals surface area (Å²) in [5.74, 6) is 1.89. The van der Waals surface area contributed by atoms with Gasteiger partial charge in [-0.3, -0.25) is 4.79 Å². The van der Waals surface area contributed by atoms with Crippen molar-refractivity contribution in [2.45, 2.75) is 112 Å². The predicted molar refractivity (Wildman–Crippen MR) is 171 cm³/mol. The van der Waals surface area contributed by atoms with Gasteiger partial charge in [-0.2, -0.15) is 0 Å². The number of aromatic nitrogens is 1. The SMILES string of the molecule is CC(C)Oc1cccc(OC(C)C)c1N=Nc1c(OC(C)C)cc(OC(=O)CCCCC[n+]2ccccc2)cc1OC(C)C. The third-order valence-corrected chi connectivity index (χ3v) is 5.98. The minimum atomic E-state index is -0.312. The lowest BCUT2D eigenvalue weighted by atomic mass is 10.2. The number of nitrogens with zero attached hydrogens (tertiary/aromatic N) is 3. The van der Waals surface area contributed by atoms with Crippen LogP contribution in [0, 0.1) is 0 Å². The Labute approximate surface area is 262 Å². The third-order valence-electron chi connectivity index (χ3n) is 5.98. The molecule has 0 saturated carbocycles. The average Bonchev–Trinajstić information content (AvgIpc) is 2.93. The zero-order chi connectivity index (χ0) is 32.1. The molecule has 3 aromatic rings. The van der Waals surface area contributed by atoms with Crippen LogP contribution in [0.15, 0.2) is 71.2 Å². The lowest BCUT2D eigenvalue weighted by Gasteiger charge is -2.19. The number of pyridine rings is 1. The first-order chi connectivity index (χ1) is 21.0. The highest BCUT2D eigenvalue weighted by Gasteiger charge is 2.20. The number of benzene rings is 2. The highest BCUT2D eigenvalue weighted by molar-refractivity contribution is 5.74. The number of rotatable bonds is 17. The molecule has 1 heterocycles. The van der Waals surface area contributed by atoms with Gasteiger partial charge in [0.2, 0.25) is 0 Å². The molecule has 0 atom stereocenters. The zero-order valence-electron chi connectivity index (χ0n) is 27.4. The second-order valence-corrected chi connectivity index (χ2v) is 11.6. The number of hydrogen-bond acceptors (Lipinski definition) is 8. The molecule has 44 heavy (non-hydrogen) atoms. The van der Waals surface area contributed by atoms with E-state index in [1.54, 1.807) is 12.1 Å². The van der Waals surface area contributed by atoms with Crippen LogP contribution < -0.4 is 28.3 Å². The molecule has 0 unspecified atom stereocenters. The Hall–Kier alpha value is -4.14. The van der Waals surface area contributed by atoms with Crippen molar-refractivity contribution >= 4 is 17.3 Å². The van der Waals surface area contributed by atoms with E-state index in [1.165, 1.54) is 0 Å². The number of unbranched alkanes of at least 4 members (excludes halogenated alkanes) is 2. The molecule has 0 aliphatic carbocycles. The summed E-state index contributed by atoms with van der Waals surface area (Å²) in [5, 5.41) is 9.20. The molecule has 0 aliphatic rings. The largest absolute Gasteiger partial charge is 0.489 e. The van der Waals surface area contributed by atoms with E-state index in [-0.39, 0.29) is 30.4 Å².